The third-order valence-corrected chi connectivity index (χ3v) is 7.00. The van der Waals surface area contributed by atoms with Gasteiger partial charge in [0, 0.05) is 48.8 Å². The summed E-state index contributed by atoms with van der Waals surface area (Å²) in [5.74, 6) is -0.198. The molecule has 0 aliphatic carbocycles. The minimum atomic E-state index is -0.928. The molecule has 2 atom stereocenters. The maximum absolute atomic E-state index is 11.3. The highest BCUT2D eigenvalue weighted by molar-refractivity contribution is 5.89. The number of nitrogen functional groups attached to an aromatic ring is 1. The van der Waals surface area contributed by atoms with E-state index in [4.69, 9.17) is 20.6 Å². The zero-order chi connectivity index (χ0) is 22.9. The second-order valence-electron chi connectivity index (χ2n) is 8.85. The van der Waals surface area contributed by atoms with Gasteiger partial charge in [-0.3, -0.25) is 4.90 Å². The predicted molar refractivity (Wildman–Crippen MR) is 124 cm³/mol. The third kappa shape index (κ3) is 4.10. The monoisotopic (exact) mass is 437 g/mol. The molecule has 4 rings (SSSR count). The minimum absolute atomic E-state index is 0.0653. The fraction of sp³-hybridized carbons (Fsp3) is 0.440. The van der Waals surface area contributed by atoms with Crippen LogP contribution in [0.2, 0.25) is 0 Å². The molecule has 2 aliphatic rings. The van der Waals surface area contributed by atoms with E-state index in [0.717, 1.165) is 61.3 Å². The number of aryl methyl sites for hydroxylation is 1. The van der Waals surface area contributed by atoms with E-state index in [-0.39, 0.29) is 17.2 Å². The Kier molecular flexibility index (Phi) is 6.22. The Morgan fingerprint density at radius 2 is 2.12 bits per heavy atom. The van der Waals surface area contributed by atoms with Crippen LogP contribution in [0.5, 0.6) is 5.75 Å². The van der Waals surface area contributed by atoms with Gasteiger partial charge in [-0.15, -0.1) is 0 Å². The van der Waals surface area contributed by atoms with Gasteiger partial charge in [-0.1, -0.05) is 12.1 Å². The summed E-state index contributed by atoms with van der Waals surface area (Å²) in [5.41, 5.74) is 10.6. The first-order chi connectivity index (χ1) is 15.4. The number of methoxy groups -OCH3 is 1. The van der Waals surface area contributed by atoms with E-state index in [1.807, 2.05) is 25.1 Å². The van der Waals surface area contributed by atoms with E-state index < -0.39 is 5.97 Å². The van der Waals surface area contributed by atoms with E-state index in [1.54, 1.807) is 19.2 Å². The van der Waals surface area contributed by atoms with Crippen LogP contribution in [0.15, 0.2) is 30.3 Å². The number of hydrogen-bond acceptors (Lipinski definition) is 6. The van der Waals surface area contributed by atoms with Gasteiger partial charge in [-0.05, 0) is 61.9 Å². The van der Waals surface area contributed by atoms with Crippen molar-refractivity contribution >= 4 is 17.9 Å². The Bertz CT molecular complexity index is 1010. The number of anilines is 1. The normalized spacial score (nSPS) is 23.4. The van der Waals surface area contributed by atoms with Crippen LogP contribution in [0.25, 0.3) is 0 Å². The van der Waals surface area contributed by atoms with Crippen LogP contribution in [0.1, 0.15) is 64.3 Å². The molecule has 0 aromatic heterocycles. The van der Waals surface area contributed by atoms with Crippen molar-refractivity contribution in [2.45, 2.75) is 50.8 Å². The first-order valence-corrected chi connectivity index (χ1v) is 11.0. The molecule has 2 aromatic carbocycles. The Morgan fingerprint density at radius 3 is 2.72 bits per heavy atom. The molecule has 0 saturated carbocycles. The van der Waals surface area contributed by atoms with Crippen molar-refractivity contribution in [1.29, 1.82) is 5.41 Å². The maximum atomic E-state index is 11.3. The van der Waals surface area contributed by atoms with Gasteiger partial charge in [0.05, 0.1) is 18.3 Å². The number of nitrogens with two attached hydrogens (primary N) is 1. The van der Waals surface area contributed by atoms with Gasteiger partial charge in [0.1, 0.15) is 5.75 Å². The number of benzene rings is 2. The van der Waals surface area contributed by atoms with Crippen LogP contribution >= 0.6 is 0 Å². The lowest BCUT2D eigenvalue weighted by atomic mass is 9.81. The molecule has 7 nitrogen and oxygen atoms in total. The second kappa shape index (κ2) is 8.92. The molecule has 0 radical (unpaired) electrons. The molecule has 7 heteroatoms. The molecular weight excluding hydrogens is 406 g/mol. The summed E-state index contributed by atoms with van der Waals surface area (Å²) in [4.78, 5) is 13.7. The number of carboxylic acid groups (broad SMARTS) is 1. The molecule has 2 heterocycles. The zero-order valence-electron chi connectivity index (χ0n) is 18.7. The maximum Gasteiger partial charge on any atom is 0.335 e. The van der Waals surface area contributed by atoms with Crippen LogP contribution in [-0.2, 0) is 11.3 Å². The van der Waals surface area contributed by atoms with Crippen molar-refractivity contribution in [3.8, 4) is 5.75 Å². The number of hydrogen-bond donors (Lipinski definition) is 3. The summed E-state index contributed by atoms with van der Waals surface area (Å²) in [7, 11) is 1.64. The standard InChI is InChI=1S/C25H31N3O4/c1-16-12-22(31-2)20(19(14-26)23(16)27)15-28-10-9-25(8-3-11-32-25)13-21(28)17-4-6-18(7-5-17)24(29)30/h4-7,12,14,21,26H,3,8-11,13,15,27H2,1-2H3,(H,29,30). The smallest absolute Gasteiger partial charge is 0.335 e. The van der Waals surface area contributed by atoms with Crippen molar-refractivity contribution in [2.75, 3.05) is 26.0 Å². The quantitative estimate of drug-likeness (QED) is 0.462. The Labute approximate surface area is 188 Å². The molecule has 1 spiro atoms. The lowest BCUT2D eigenvalue weighted by molar-refractivity contribution is -0.0677. The lowest BCUT2D eigenvalue weighted by Gasteiger charge is -2.45. The highest BCUT2D eigenvalue weighted by Crippen LogP contribution is 2.45. The van der Waals surface area contributed by atoms with Crippen molar-refractivity contribution < 1.29 is 19.4 Å². The zero-order valence-corrected chi connectivity index (χ0v) is 18.7. The molecule has 32 heavy (non-hydrogen) atoms. The molecule has 2 fully saturated rings. The fourth-order valence-corrected chi connectivity index (χ4v) is 5.15. The van der Waals surface area contributed by atoms with Gasteiger partial charge in [-0.25, -0.2) is 4.79 Å². The molecule has 170 valence electrons. The molecular formula is C25H31N3O4. The van der Waals surface area contributed by atoms with Gasteiger partial charge in [0.2, 0.25) is 0 Å². The average Bonchev–Trinajstić information content (AvgIpc) is 3.25. The number of nitrogens with one attached hydrogen (secondary N) is 1. The summed E-state index contributed by atoms with van der Waals surface area (Å²) in [6.07, 6.45) is 5.23. The van der Waals surface area contributed by atoms with Crippen LogP contribution in [0.3, 0.4) is 0 Å². The van der Waals surface area contributed by atoms with E-state index in [9.17, 15) is 9.90 Å². The molecule has 2 aromatic rings. The Morgan fingerprint density at radius 1 is 1.38 bits per heavy atom. The highest BCUT2D eigenvalue weighted by atomic mass is 16.5. The predicted octanol–water partition coefficient (Wildman–Crippen LogP) is 4.17. The van der Waals surface area contributed by atoms with E-state index in [2.05, 4.69) is 4.90 Å². The third-order valence-electron chi connectivity index (χ3n) is 7.00. The van der Waals surface area contributed by atoms with E-state index in [0.29, 0.717) is 17.8 Å². The lowest BCUT2D eigenvalue weighted by Crippen LogP contribution is -2.45. The SMILES string of the molecule is COc1cc(C)c(N)c(C=N)c1CN1CCC2(CCCO2)CC1c1ccc(C(=O)O)cc1. The number of ether oxygens (including phenoxy) is 2. The average molecular weight is 438 g/mol. The number of nitrogens with zero attached hydrogens (tertiary/aromatic N) is 1. The number of carbonyl (C=O) groups is 1. The first kappa shape index (κ1) is 22.3. The Hall–Kier alpha value is -2.90. The number of rotatable bonds is 6. The van der Waals surface area contributed by atoms with Gasteiger partial charge in [0.15, 0.2) is 0 Å². The van der Waals surface area contributed by atoms with Crippen LogP contribution in [0.4, 0.5) is 5.69 Å². The Balaban J connectivity index is 1.71. The van der Waals surface area contributed by atoms with Crippen LogP contribution in [0, 0.1) is 12.3 Å². The molecule has 2 aliphatic heterocycles. The molecule has 0 bridgehead atoms. The summed E-state index contributed by atoms with van der Waals surface area (Å²) in [6.45, 7) is 4.13. The van der Waals surface area contributed by atoms with Crippen molar-refractivity contribution in [3.63, 3.8) is 0 Å². The summed E-state index contributed by atoms with van der Waals surface area (Å²) < 4.78 is 11.9. The largest absolute Gasteiger partial charge is 0.496 e. The van der Waals surface area contributed by atoms with Crippen molar-refractivity contribution in [2.24, 2.45) is 0 Å². The summed E-state index contributed by atoms with van der Waals surface area (Å²) >= 11 is 0. The van der Waals surface area contributed by atoms with Gasteiger partial charge < -0.3 is 25.7 Å². The molecule has 0 amide bonds. The van der Waals surface area contributed by atoms with Gasteiger partial charge in [-0.2, -0.15) is 0 Å². The summed E-state index contributed by atoms with van der Waals surface area (Å²) in [6, 6.07) is 9.15. The number of likely N-dealkylation sites (tertiary alicyclic amines) is 1. The van der Waals surface area contributed by atoms with E-state index >= 15 is 0 Å². The van der Waals surface area contributed by atoms with Crippen molar-refractivity contribution in [3.05, 3.63) is 58.1 Å². The summed E-state index contributed by atoms with van der Waals surface area (Å²) in [5, 5.41) is 17.3. The van der Waals surface area contributed by atoms with E-state index in [1.165, 1.54) is 6.21 Å². The fourth-order valence-electron chi connectivity index (χ4n) is 5.15. The number of aromatic carboxylic acids is 1. The first-order valence-electron chi connectivity index (χ1n) is 11.0. The highest BCUT2D eigenvalue weighted by Gasteiger charge is 2.43. The minimum Gasteiger partial charge on any atom is -0.496 e. The second-order valence-corrected chi connectivity index (χ2v) is 8.85. The topological polar surface area (TPSA) is 109 Å². The molecule has 2 unspecified atom stereocenters. The number of piperidine rings is 1. The van der Waals surface area contributed by atoms with Gasteiger partial charge >= 0.3 is 5.97 Å². The molecule has 2 saturated heterocycles. The van der Waals surface area contributed by atoms with Crippen molar-refractivity contribution in [1.82, 2.24) is 4.90 Å². The number of carboxylic acids is 1. The molecule has 4 N–H and O–H groups in total. The van der Waals surface area contributed by atoms with Crippen LogP contribution < -0.4 is 10.5 Å². The van der Waals surface area contributed by atoms with Gasteiger partial charge in [0.25, 0.3) is 0 Å². The van der Waals surface area contributed by atoms with Crippen LogP contribution in [-0.4, -0.2) is 48.1 Å².